The van der Waals surface area contributed by atoms with Gasteiger partial charge in [-0.15, -0.1) is 11.3 Å². The zero-order chi connectivity index (χ0) is 21.3. The molecule has 2 N–H and O–H groups in total. The summed E-state index contributed by atoms with van der Waals surface area (Å²) >= 11 is 1.30. The van der Waals surface area contributed by atoms with Gasteiger partial charge in [-0.05, 0) is 71.5 Å². The van der Waals surface area contributed by atoms with E-state index in [4.69, 9.17) is 14.0 Å². The van der Waals surface area contributed by atoms with Gasteiger partial charge in [0.25, 0.3) is 0 Å². The van der Waals surface area contributed by atoms with Crippen LogP contribution in [0.3, 0.4) is 0 Å². The maximum Gasteiger partial charge on any atom is 0.492 e. The summed E-state index contributed by atoms with van der Waals surface area (Å²) in [6.07, 6.45) is 1.13. The summed E-state index contributed by atoms with van der Waals surface area (Å²) in [5.74, 6) is -1.01. The summed E-state index contributed by atoms with van der Waals surface area (Å²) < 4.78 is 17.4. The third kappa shape index (κ3) is 5.36. The molecule has 9 heteroatoms. The maximum atomic E-state index is 12.1. The molecule has 1 saturated heterocycles. The first kappa shape index (κ1) is 22.5. The Morgan fingerprint density at radius 1 is 1.25 bits per heavy atom. The van der Waals surface area contributed by atoms with Gasteiger partial charge in [0.1, 0.15) is 5.60 Å². The molecule has 0 saturated carbocycles. The van der Waals surface area contributed by atoms with Crippen molar-refractivity contribution in [3.63, 3.8) is 0 Å². The average Bonchev–Trinajstić information content (AvgIpc) is 3.04. The molecule has 1 aromatic heterocycles. The highest BCUT2D eigenvalue weighted by Gasteiger charge is 2.52. The lowest BCUT2D eigenvalue weighted by molar-refractivity contribution is 0.00578. The summed E-state index contributed by atoms with van der Waals surface area (Å²) in [6, 6.07) is 1.54. The molecule has 0 aromatic carbocycles. The second-order valence-corrected chi connectivity index (χ2v) is 9.61. The normalized spacial score (nSPS) is 18.8. The molecule has 0 unspecified atom stereocenters. The molecule has 1 aliphatic heterocycles. The van der Waals surface area contributed by atoms with E-state index in [1.54, 1.807) is 38.3 Å². The maximum absolute atomic E-state index is 12.1. The molecular formula is C19H28BNO6S. The fourth-order valence-corrected chi connectivity index (χ4v) is 3.32. The van der Waals surface area contributed by atoms with Gasteiger partial charge in [0, 0.05) is 11.4 Å². The Balaban J connectivity index is 2.29. The Morgan fingerprint density at radius 3 is 2.32 bits per heavy atom. The first-order chi connectivity index (χ1) is 12.7. The van der Waals surface area contributed by atoms with E-state index >= 15 is 0 Å². The first-order valence-corrected chi connectivity index (χ1v) is 9.93. The molecule has 0 spiro atoms. The Morgan fingerprint density at radius 2 is 1.82 bits per heavy atom. The molecule has 1 aliphatic rings. The van der Waals surface area contributed by atoms with Crippen molar-refractivity contribution >= 4 is 36.6 Å². The van der Waals surface area contributed by atoms with E-state index < -0.39 is 36.0 Å². The first-order valence-electron chi connectivity index (χ1n) is 9.05. The fraction of sp³-hybridized carbons (Fsp3) is 0.579. The van der Waals surface area contributed by atoms with Crippen LogP contribution in [-0.4, -0.2) is 47.6 Å². The van der Waals surface area contributed by atoms with Crippen molar-refractivity contribution in [2.45, 2.75) is 65.3 Å². The summed E-state index contributed by atoms with van der Waals surface area (Å²) in [7, 11) is -0.719. The van der Waals surface area contributed by atoms with Crippen molar-refractivity contribution in [3.8, 4) is 0 Å². The van der Waals surface area contributed by atoms with Gasteiger partial charge in [0.05, 0.1) is 16.8 Å². The molecule has 0 radical (unpaired) electrons. The quantitative estimate of drug-likeness (QED) is 0.715. The molecular weight excluding hydrogens is 381 g/mol. The minimum Gasteiger partial charge on any atom is -0.478 e. The summed E-state index contributed by atoms with van der Waals surface area (Å²) in [5, 5.41) is 13.8. The second kappa shape index (κ2) is 7.89. The van der Waals surface area contributed by atoms with Crippen LogP contribution in [0.2, 0.25) is 0 Å². The van der Waals surface area contributed by atoms with E-state index in [1.165, 1.54) is 11.3 Å². The summed E-state index contributed by atoms with van der Waals surface area (Å²) in [5.41, 5.74) is -0.949. The van der Waals surface area contributed by atoms with Crippen LogP contribution in [0.25, 0.3) is 6.08 Å². The molecule has 2 heterocycles. The number of hydrogen-bond donors (Lipinski definition) is 2. The number of rotatable bonds is 5. The van der Waals surface area contributed by atoms with Crippen LogP contribution in [0.4, 0.5) is 4.79 Å². The molecule has 0 bridgehead atoms. The van der Waals surface area contributed by atoms with Crippen LogP contribution < -0.4 is 5.32 Å². The number of amides is 1. The highest BCUT2D eigenvalue weighted by molar-refractivity contribution is 7.11. The topological polar surface area (TPSA) is 94.1 Å². The molecule has 28 heavy (non-hydrogen) atoms. The SMILES string of the molecule is CC(C)(C)OC(=O)NCC(=Cc1sccc1C(=O)O)B1OC(C)(C)C(C)(C)O1. The number of alkyl carbamates (subject to hydrolysis) is 1. The highest BCUT2D eigenvalue weighted by Crippen LogP contribution is 2.39. The number of carbonyl (C=O) groups is 2. The molecule has 1 aromatic rings. The average molecular weight is 409 g/mol. The summed E-state index contributed by atoms with van der Waals surface area (Å²) in [4.78, 5) is 24.1. The summed E-state index contributed by atoms with van der Waals surface area (Å²) in [6.45, 7) is 13.2. The number of aromatic carboxylic acids is 1. The van der Waals surface area contributed by atoms with Crippen LogP contribution in [0.15, 0.2) is 16.9 Å². The largest absolute Gasteiger partial charge is 0.492 e. The number of carboxylic acids is 1. The smallest absolute Gasteiger partial charge is 0.478 e. The van der Waals surface area contributed by atoms with Crippen molar-refractivity contribution in [1.82, 2.24) is 5.32 Å². The third-order valence-electron chi connectivity index (χ3n) is 4.63. The molecule has 1 amide bonds. The number of ether oxygens (including phenoxy) is 1. The Kier molecular flexibility index (Phi) is 6.32. The van der Waals surface area contributed by atoms with E-state index in [9.17, 15) is 14.7 Å². The number of carbonyl (C=O) groups excluding carboxylic acids is 1. The number of thiophene rings is 1. The zero-order valence-electron chi connectivity index (χ0n) is 17.4. The van der Waals surface area contributed by atoms with Crippen LogP contribution in [-0.2, 0) is 14.0 Å². The van der Waals surface area contributed by atoms with E-state index in [0.717, 1.165) is 0 Å². The van der Waals surface area contributed by atoms with Crippen LogP contribution in [0.1, 0.15) is 63.7 Å². The lowest BCUT2D eigenvalue weighted by Gasteiger charge is -2.32. The van der Waals surface area contributed by atoms with Gasteiger partial charge < -0.3 is 24.5 Å². The molecule has 1 fully saturated rings. The lowest BCUT2D eigenvalue weighted by Crippen LogP contribution is -2.41. The van der Waals surface area contributed by atoms with Gasteiger partial charge in [-0.2, -0.15) is 0 Å². The van der Waals surface area contributed by atoms with E-state index in [0.29, 0.717) is 10.3 Å². The minimum atomic E-state index is -1.01. The molecule has 154 valence electrons. The predicted molar refractivity (Wildman–Crippen MR) is 110 cm³/mol. The predicted octanol–water partition coefficient (Wildman–Crippen LogP) is 3.99. The number of nitrogens with one attached hydrogen (secondary N) is 1. The Labute approximate surface area is 170 Å². The highest BCUT2D eigenvalue weighted by atomic mass is 32.1. The van der Waals surface area contributed by atoms with E-state index in [2.05, 4.69) is 5.32 Å². The van der Waals surface area contributed by atoms with Crippen molar-refractivity contribution in [2.24, 2.45) is 0 Å². The number of hydrogen-bond acceptors (Lipinski definition) is 6. The van der Waals surface area contributed by atoms with Crippen molar-refractivity contribution < 1.29 is 28.7 Å². The van der Waals surface area contributed by atoms with Gasteiger partial charge >= 0.3 is 19.2 Å². The lowest BCUT2D eigenvalue weighted by atomic mass is 9.77. The molecule has 0 aliphatic carbocycles. The van der Waals surface area contributed by atoms with Crippen LogP contribution in [0.5, 0.6) is 0 Å². The number of carboxylic acid groups (broad SMARTS) is 1. The Bertz CT molecular complexity index is 762. The monoisotopic (exact) mass is 409 g/mol. The van der Waals surface area contributed by atoms with Crippen molar-refractivity contribution in [2.75, 3.05) is 6.54 Å². The fourth-order valence-electron chi connectivity index (χ4n) is 2.46. The van der Waals surface area contributed by atoms with Crippen LogP contribution >= 0.6 is 11.3 Å². The standard InChI is InChI=1S/C19H28BNO6S/c1-17(2,3)25-16(24)21-11-12(10-14-13(15(22)23)8-9-28-14)20-26-18(4,5)19(6,7)27-20/h8-10H,11H2,1-7H3,(H,21,24)(H,22,23). The van der Waals surface area contributed by atoms with Crippen molar-refractivity contribution in [3.05, 3.63) is 27.4 Å². The van der Waals surface area contributed by atoms with E-state index in [-0.39, 0.29) is 12.1 Å². The van der Waals surface area contributed by atoms with E-state index in [1.807, 2.05) is 27.7 Å². The molecule has 0 atom stereocenters. The second-order valence-electron chi connectivity index (χ2n) is 8.67. The van der Waals surface area contributed by atoms with Gasteiger partial charge in [-0.3, -0.25) is 0 Å². The van der Waals surface area contributed by atoms with Gasteiger partial charge in [0.2, 0.25) is 0 Å². The third-order valence-corrected chi connectivity index (χ3v) is 5.50. The zero-order valence-corrected chi connectivity index (χ0v) is 18.2. The van der Waals surface area contributed by atoms with Gasteiger partial charge in [-0.25, -0.2) is 9.59 Å². The van der Waals surface area contributed by atoms with Gasteiger partial charge in [0.15, 0.2) is 0 Å². The van der Waals surface area contributed by atoms with Crippen LogP contribution in [0, 0.1) is 0 Å². The van der Waals surface area contributed by atoms with Gasteiger partial charge in [-0.1, -0.05) is 0 Å². The minimum absolute atomic E-state index is 0.0999. The molecule has 2 rings (SSSR count). The Hall–Kier alpha value is -1.84. The van der Waals surface area contributed by atoms with Crippen molar-refractivity contribution in [1.29, 1.82) is 0 Å². The molecule has 7 nitrogen and oxygen atoms in total.